The van der Waals surface area contributed by atoms with E-state index in [1.165, 1.54) is 0 Å². The van der Waals surface area contributed by atoms with Gasteiger partial charge in [0, 0.05) is 32.8 Å². The minimum Gasteiger partial charge on any atom is -0.361 e. The van der Waals surface area contributed by atoms with Gasteiger partial charge in [0.25, 0.3) is 0 Å². The largest absolute Gasteiger partial charge is 0.361 e. The van der Waals surface area contributed by atoms with E-state index >= 15 is 0 Å². The number of rotatable bonds is 1. The van der Waals surface area contributed by atoms with Crippen LogP contribution in [0.25, 0.3) is 11.0 Å². The minimum atomic E-state index is -0.0329. The third-order valence-corrected chi connectivity index (χ3v) is 2.80. The monoisotopic (exact) mass is 232 g/mol. The van der Waals surface area contributed by atoms with Gasteiger partial charge in [0.05, 0.1) is 5.52 Å². The van der Waals surface area contributed by atoms with Crippen LogP contribution in [-0.4, -0.2) is 28.6 Å². The predicted octanol–water partition coefficient (Wildman–Crippen LogP) is 2.33. The van der Waals surface area contributed by atoms with Crippen LogP contribution in [0.4, 0.5) is 5.82 Å². The summed E-state index contributed by atoms with van der Waals surface area (Å²) in [5.74, 6) is 1.87. The molecule has 4 heteroatoms. The summed E-state index contributed by atoms with van der Waals surface area (Å²) in [4.78, 5) is 11.4. The summed E-state index contributed by atoms with van der Waals surface area (Å²) < 4.78 is 2.07. The Morgan fingerprint density at radius 2 is 1.82 bits per heavy atom. The zero-order valence-electron chi connectivity index (χ0n) is 11.4. The van der Waals surface area contributed by atoms with Crippen LogP contribution >= 0.6 is 0 Å². The van der Waals surface area contributed by atoms with Gasteiger partial charge in [-0.25, -0.2) is 9.97 Å². The summed E-state index contributed by atoms with van der Waals surface area (Å²) in [5.41, 5.74) is 2.06. The van der Waals surface area contributed by atoms with E-state index in [1.54, 1.807) is 0 Å². The van der Waals surface area contributed by atoms with Crippen molar-refractivity contribution in [2.75, 3.05) is 19.0 Å². The Kier molecular flexibility index (Phi) is 2.60. The van der Waals surface area contributed by atoms with Gasteiger partial charge >= 0.3 is 0 Å². The van der Waals surface area contributed by atoms with Crippen molar-refractivity contribution in [3.8, 4) is 0 Å². The molecule has 0 unspecified atom stereocenters. The lowest BCUT2D eigenvalue weighted by Crippen LogP contribution is -2.20. The summed E-state index contributed by atoms with van der Waals surface area (Å²) in [7, 11) is 6.05. The lowest BCUT2D eigenvalue weighted by Gasteiger charge is -2.20. The second-order valence-electron chi connectivity index (χ2n) is 5.68. The van der Waals surface area contributed by atoms with Crippen LogP contribution in [0.1, 0.15) is 26.6 Å². The maximum Gasteiger partial charge on any atom is 0.156 e. The molecule has 4 nitrogen and oxygen atoms in total. The number of fused-ring (bicyclic) bond motifs is 1. The third-order valence-electron chi connectivity index (χ3n) is 2.80. The number of nitrogens with zero attached hydrogens (tertiary/aromatic N) is 4. The van der Waals surface area contributed by atoms with E-state index in [-0.39, 0.29) is 5.41 Å². The van der Waals surface area contributed by atoms with Crippen LogP contribution < -0.4 is 4.90 Å². The van der Waals surface area contributed by atoms with Gasteiger partial charge in [-0.1, -0.05) is 20.8 Å². The Hall–Kier alpha value is -1.58. The van der Waals surface area contributed by atoms with Gasteiger partial charge in [-0.3, -0.25) is 0 Å². The molecule has 0 spiro atoms. The van der Waals surface area contributed by atoms with Crippen molar-refractivity contribution in [1.29, 1.82) is 0 Å². The highest BCUT2D eigenvalue weighted by molar-refractivity contribution is 5.86. The van der Waals surface area contributed by atoms with Crippen LogP contribution in [-0.2, 0) is 12.5 Å². The van der Waals surface area contributed by atoms with Crippen LogP contribution in [0.3, 0.4) is 0 Å². The molecule has 0 aliphatic rings. The molecule has 2 aromatic heterocycles. The van der Waals surface area contributed by atoms with Gasteiger partial charge in [-0.2, -0.15) is 0 Å². The van der Waals surface area contributed by atoms with Crippen molar-refractivity contribution < 1.29 is 0 Å². The number of aryl methyl sites for hydroxylation is 1. The summed E-state index contributed by atoms with van der Waals surface area (Å²) in [6.07, 6.45) is 2.03. The smallest absolute Gasteiger partial charge is 0.156 e. The van der Waals surface area contributed by atoms with Crippen molar-refractivity contribution >= 4 is 16.9 Å². The molecule has 0 fully saturated rings. The first-order chi connectivity index (χ1) is 7.80. The van der Waals surface area contributed by atoms with Gasteiger partial charge in [0.1, 0.15) is 11.3 Å². The molecule has 2 rings (SSSR count). The van der Waals surface area contributed by atoms with E-state index in [4.69, 9.17) is 4.98 Å². The van der Waals surface area contributed by atoms with Crippen LogP contribution in [0.15, 0.2) is 12.3 Å². The highest BCUT2D eigenvalue weighted by atomic mass is 15.2. The van der Waals surface area contributed by atoms with Crippen molar-refractivity contribution in [2.45, 2.75) is 26.2 Å². The number of hydrogen-bond acceptors (Lipinski definition) is 3. The zero-order valence-corrected chi connectivity index (χ0v) is 11.4. The molecule has 0 bridgehead atoms. The first-order valence-corrected chi connectivity index (χ1v) is 5.81. The molecule has 0 aliphatic heterocycles. The van der Waals surface area contributed by atoms with Crippen molar-refractivity contribution in [3.05, 3.63) is 18.1 Å². The van der Waals surface area contributed by atoms with Gasteiger partial charge < -0.3 is 9.47 Å². The van der Waals surface area contributed by atoms with E-state index in [0.717, 1.165) is 22.7 Å². The highest BCUT2D eigenvalue weighted by Gasteiger charge is 2.21. The van der Waals surface area contributed by atoms with Gasteiger partial charge in [0.2, 0.25) is 0 Å². The Morgan fingerprint density at radius 1 is 1.18 bits per heavy atom. The lowest BCUT2D eigenvalue weighted by atomic mass is 9.95. The average Bonchev–Trinajstić information content (AvgIpc) is 2.58. The van der Waals surface area contributed by atoms with E-state index in [1.807, 2.05) is 38.3 Å². The van der Waals surface area contributed by atoms with Gasteiger partial charge in [0.15, 0.2) is 5.82 Å². The molecule has 0 radical (unpaired) electrons. The minimum absolute atomic E-state index is 0.0329. The molecule has 17 heavy (non-hydrogen) atoms. The van der Waals surface area contributed by atoms with Gasteiger partial charge in [-0.15, -0.1) is 0 Å². The molecule has 92 valence electrons. The van der Waals surface area contributed by atoms with Crippen molar-refractivity contribution in [3.63, 3.8) is 0 Å². The zero-order chi connectivity index (χ0) is 12.8. The molecule has 0 N–H and O–H groups in total. The van der Waals surface area contributed by atoms with E-state index in [0.29, 0.717) is 0 Å². The fourth-order valence-corrected chi connectivity index (χ4v) is 1.82. The third kappa shape index (κ3) is 1.99. The number of anilines is 1. The van der Waals surface area contributed by atoms with E-state index in [2.05, 4.69) is 30.3 Å². The maximum absolute atomic E-state index is 4.70. The first kappa shape index (κ1) is 11.9. The molecular weight excluding hydrogens is 212 g/mol. The molecule has 0 saturated heterocycles. The summed E-state index contributed by atoms with van der Waals surface area (Å²) in [6.45, 7) is 6.41. The summed E-state index contributed by atoms with van der Waals surface area (Å²) in [5, 5.41) is 0. The Labute approximate surface area is 102 Å². The number of hydrogen-bond donors (Lipinski definition) is 0. The Bertz CT molecular complexity index is 546. The molecule has 2 aromatic rings. The molecule has 0 atom stereocenters. The van der Waals surface area contributed by atoms with Crippen LogP contribution in [0.2, 0.25) is 0 Å². The molecular formula is C13H20N4. The lowest BCUT2D eigenvalue weighted by molar-refractivity contribution is 0.548. The molecule has 0 amide bonds. The molecule has 0 aromatic carbocycles. The molecule has 0 aliphatic carbocycles. The highest BCUT2D eigenvalue weighted by Crippen LogP contribution is 2.27. The maximum atomic E-state index is 4.70. The van der Waals surface area contributed by atoms with Crippen molar-refractivity contribution in [1.82, 2.24) is 14.5 Å². The summed E-state index contributed by atoms with van der Waals surface area (Å²) in [6, 6.07) is 2.04. The first-order valence-electron chi connectivity index (χ1n) is 5.81. The van der Waals surface area contributed by atoms with Crippen LogP contribution in [0, 0.1) is 0 Å². The quantitative estimate of drug-likeness (QED) is 0.756. The molecule has 0 saturated carbocycles. The molecule has 2 heterocycles. The van der Waals surface area contributed by atoms with Crippen molar-refractivity contribution in [2.24, 2.45) is 7.05 Å². The Balaban J connectivity index is 2.78. The normalized spacial score (nSPS) is 12.1. The van der Waals surface area contributed by atoms with E-state index < -0.39 is 0 Å². The topological polar surface area (TPSA) is 34.0 Å². The Morgan fingerprint density at radius 3 is 2.35 bits per heavy atom. The van der Waals surface area contributed by atoms with Gasteiger partial charge in [-0.05, 0) is 6.07 Å². The predicted molar refractivity (Wildman–Crippen MR) is 71.5 cm³/mol. The summed E-state index contributed by atoms with van der Waals surface area (Å²) >= 11 is 0. The van der Waals surface area contributed by atoms with Crippen LogP contribution in [0.5, 0.6) is 0 Å². The average molecular weight is 232 g/mol. The fraction of sp³-hybridized carbons (Fsp3) is 0.538. The second-order valence-corrected chi connectivity index (χ2v) is 5.68. The standard InChI is InChI=1S/C13H20N4/c1-13(2,3)12-14-9-7-8-17(6)10(9)11(15-12)16(4)5/h7-8H,1-6H3. The number of aromatic nitrogens is 3. The second kappa shape index (κ2) is 3.72. The fourth-order valence-electron chi connectivity index (χ4n) is 1.82. The van der Waals surface area contributed by atoms with E-state index in [9.17, 15) is 0 Å². The SMILES string of the molecule is CN(C)c1nc(C(C)(C)C)nc2ccn(C)c12.